The molecular weight excluding hydrogens is 320 g/mol. The molecule has 110 valence electrons. The summed E-state index contributed by atoms with van der Waals surface area (Å²) in [6.07, 6.45) is 1.87. The summed E-state index contributed by atoms with van der Waals surface area (Å²) in [6, 6.07) is 7.07. The predicted molar refractivity (Wildman–Crippen MR) is 85.4 cm³/mol. The highest BCUT2D eigenvalue weighted by Gasteiger charge is 2.14. The molecule has 0 saturated carbocycles. The summed E-state index contributed by atoms with van der Waals surface area (Å²) < 4.78 is 0. The Morgan fingerprint density at radius 1 is 1.20 bits per heavy atom. The Morgan fingerprint density at radius 3 is 2.40 bits per heavy atom. The molecule has 1 N–H and O–H groups in total. The fourth-order valence-corrected chi connectivity index (χ4v) is 2.10. The van der Waals surface area contributed by atoms with Gasteiger partial charge < -0.3 is 10.2 Å². The topological polar surface area (TPSA) is 49.4 Å². The van der Waals surface area contributed by atoms with E-state index in [1.54, 1.807) is 24.3 Å². The lowest BCUT2D eigenvalue weighted by atomic mass is 10.1. The third-order valence-electron chi connectivity index (χ3n) is 2.79. The number of halogens is 1. The van der Waals surface area contributed by atoms with Crippen LogP contribution in [0.5, 0.6) is 0 Å². The Hall–Kier alpha value is -1.36. The molecule has 0 aromatic heterocycles. The SMILES string of the molecule is CCCN(CCC)C(=O)c1cccc(NC(=O)CBr)c1. The average molecular weight is 341 g/mol. The van der Waals surface area contributed by atoms with Crippen molar-refractivity contribution in [1.82, 2.24) is 4.90 Å². The molecule has 0 aliphatic rings. The highest BCUT2D eigenvalue weighted by atomic mass is 79.9. The summed E-state index contributed by atoms with van der Waals surface area (Å²) in [5.41, 5.74) is 1.26. The van der Waals surface area contributed by atoms with Crippen LogP contribution in [0.25, 0.3) is 0 Å². The molecule has 4 nitrogen and oxygen atoms in total. The Bertz CT molecular complexity index is 457. The van der Waals surface area contributed by atoms with Gasteiger partial charge in [0.25, 0.3) is 5.91 Å². The monoisotopic (exact) mass is 340 g/mol. The highest BCUT2D eigenvalue weighted by molar-refractivity contribution is 9.09. The smallest absolute Gasteiger partial charge is 0.253 e. The maximum Gasteiger partial charge on any atom is 0.253 e. The van der Waals surface area contributed by atoms with Gasteiger partial charge in [0.05, 0.1) is 5.33 Å². The first-order chi connectivity index (χ1) is 9.62. The first-order valence-corrected chi connectivity index (χ1v) is 7.99. The number of anilines is 1. The van der Waals surface area contributed by atoms with Crippen molar-refractivity contribution in [2.45, 2.75) is 26.7 Å². The number of hydrogen-bond acceptors (Lipinski definition) is 2. The standard InChI is InChI=1S/C15H21BrN2O2/c1-3-8-18(9-4-2)15(20)12-6-5-7-13(10-12)17-14(19)11-16/h5-7,10H,3-4,8-9,11H2,1-2H3,(H,17,19). The van der Waals surface area contributed by atoms with Crippen molar-refractivity contribution in [3.8, 4) is 0 Å². The van der Waals surface area contributed by atoms with Crippen LogP contribution in [0.4, 0.5) is 5.69 Å². The Balaban J connectivity index is 2.86. The van der Waals surface area contributed by atoms with Crippen LogP contribution in [0.1, 0.15) is 37.0 Å². The molecule has 0 heterocycles. The Morgan fingerprint density at radius 2 is 1.85 bits per heavy atom. The summed E-state index contributed by atoms with van der Waals surface area (Å²) in [5.74, 6) is -0.114. The number of nitrogens with one attached hydrogen (secondary N) is 1. The molecule has 0 radical (unpaired) electrons. The van der Waals surface area contributed by atoms with E-state index < -0.39 is 0 Å². The van der Waals surface area contributed by atoms with Crippen LogP contribution in [-0.2, 0) is 4.79 Å². The van der Waals surface area contributed by atoms with Gasteiger partial charge in [0.15, 0.2) is 0 Å². The Labute approximate surface area is 128 Å². The summed E-state index contributed by atoms with van der Waals surface area (Å²) >= 11 is 3.10. The fraction of sp³-hybridized carbons (Fsp3) is 0.467. The van der Waals surface area contributed by atoms with Crippen molar-refractivity contribution < 1.29 is 9.59 Å². The van der Waals surface area contributed by atoms with E-state index in [2.05, 4.69) is 35.1 Å². The molecule has 5 heteroatoms. The molecule has 0 unspecified atom stereocenters. The number of carbonyl (C=O) groups excluding carboxylic acids is 2. The second-order valence-electron chi connectivity index (χ2n) is 4.55. The fourth-order valence-electron chi connectivity index (χ4n) is 1.96. The van der Waals surface area contributed by atoms with E-state index in [4.69, 9.17) is 0 Å². The molecule has 0 spiro atoms. The number of amides is 2. The third kappa shape index (κ3) is 4.96. The number of alkyl halides is 1. The zero-order chi connectivity index (χ0) is 15.0. The number of nitrogens with zero attached hydrogens (tertiary/aromatic N) is 1. The second-order valence-corrected chi connectivity index (χ2v) is 5.12. The van der Waals surface area contributed by atoms with Crippen LogP contribution in [0, 0.1) is 0 Å². The van der Waals surface area contributed by atoms with Gasteiger partial charge in [0.1, 0.15) is 0 Å². The molecule has 20 heavy (non-hydrogen) atoms. The van der Waals surface area contributed by atoms with Crippen molar-refractivity contribution in [3.05, 3.63) is 29.8 Å². The van der Waals surface area contributed by atoms with Gasteiger partial charge in [-0.1, -0.05) is 35.8 Å². The molecule has 0 atom stereocenters. The van der Waals surface area contributed by atoms with Gasteiger partial charge in [-0.25, -0.2) is 0 Å². The van der Waals surface area contributed by atoms with Crippen molar-refractivity contribution in [1.29, 1.82) is 0 Å². The van der Waals surface area contributed by atoms with Crippen LogP contribution in [-0.4, -0.2) is 35.1 Å². The summed E-state index contributed by atoms with van der Waals surface area (Å²) in [5, 5.41) is 2.97. The number of benzene rings is 1. The Kier molecular flexibility index (Phi) is 7.30. The highest BCUT2D eigenvalue weighted by Crippen LogP contribution is 2.13. The maximum atomic E-state index is 12.4. The van der Waals surface area contributed by atoms with Crippen molar-refractivity contribution in [3.63, 3.8) is 0 Å². The number of hydrogen-bond donors (Lipinski definition) is 1. The van der Waals surface area contributed by atoms with E-state index in [0.29, 0.717) is 11.3 Å². The van der Waals surface area contributed by atoms with Crippen LogP contribution in [0.2, 0.25) is 0 Å². The van der Waals surface area contributed by atoms with E-state index in [9.17, 15) is 9.59 Å². The summed E-state index contributed by atoms with van der Waals surface area (Å²) in [7, 11) is 0. The van der Waals surface area contributed by atoms with Gasteiger partial charge >= 0.3 is 0 Å². The van der Waals surface area contributed by atoms with Crippen molar-refractivity contribution in [2.75, 3.05) is 23.7 Å². The van der Waals surface area contributed by atoms with E-state index in [-0.39, 0.29) is 17.1 Å². The first kappa shape index (κ1) is 16.7. The van der Waals surface area contributed by atoms with E-state index in [1.807, 2.05) is 4.90 Å². The molecule has 1 rings (SSSR count). The predicted octanol–water partition coefficient (Wildman–Crippen LogP) is 3.28. The lowest BCUT2D eigenvalue weighted by molar-refractivity contribution is -0.113. The van der Waals surface area contributed by atoms with E-state index >= 15 is 0 Å². The molecule has 0 saturated heterocycles. The lowest BCUT2D eigenvalue weighted by Crippen LogP contribution is -2.32. The van der Waals surface area contributed by atoms with Gasteiger partial charge in [-0.05, 0) is 31.0 Å². The second kappa shape index (κ2) is 8.74. The van der Waals surface area contributed by atoms with Crippen LogP contribution >= 0.6 is 15.9 Å². The molecule has 0 aliphatic heterocycles. The van der Waals surface area contributed by atoms with E-state index in [0.717, 1.165) is 25.9 Å². The van der Waals surface area contributed by atoms with Gasteiger partial charge in [-0.15, -0.1) is 0 Å². The minimum Gasteiger partial charge on any atom is -0.339 e. The van der Waals surface area contributed by atoms with Gasteiger partial charge in [0, 0.05) is 24.3 Å². The maximum absolute atomic E-state index is 12.4. The molecule has 0 fully saturated rings. The zero-order valence-electron chi connectivity index (χ0n) is 12.0. The number of carbonyl (C=O) groups is 2. The van der Waals surface area contributed by atoms with Crippen molar-refractivity contribution >= 4 is 33.4 Å². The average Bonchev–Trinajstić information content (AvgIpc) is 2.46. The number of rotatable bonds is 7. The van der Waals surface area contributed by atoms with Crippen LogP contribution < -0.4 is 5.32 Å². The lowest BCUT2D eigenvalue weighted by Gasteiger charge is -2.21. The molecule has 0 bridgehead atoms. The van der Waals surface area contributed by atoms with Gasteiger partial charge in [-0.3, -0.25) is 9.59 Å². The largest absolute Gasteiger partial charge is 0.339 e. The molecule has 1 aromatic carbocycles. The van der Waals surface area contributed by atoms with Gasteiger partial charge in [-0.2, -0.15) is 0 Å². The van der Waals surface area contributed by atoms with Crippen LogP contribution in [0.15, 0.2) is 24.3 Å². The minimum atomic E-state index is -0.131. The quantitative estimate of drug-likeness (QED) is 0.774. The molecular formula is C15H21BrN2O2. The molecule has 0 aliphatic carbocycles. The molecule has 2 amide bonds. The minimum absolute atomic E-state index is 0.0173. The van der Waals surface area contributed by atoms with Gasteiger partial charge in [0.2, 0.25) is 5.91 Å². The zero-order valence-corrected chi connectivity index (χ0v) is 13.6. The summed E-state index contributed by atoms with van der Waals surface area (Å²) in [6.45, 7) is 5.63. The summed E-state index contributed by atoms with van der Waals surface area (Å²) in [4.78, 5) is 25.6. The van der Waals surface area contributed by atoms with Crippen molar-refractivity contribution in [2.24, 2.45) is 0 Å². The normalized spacial score (nSPS) is 10.2. The van der Waals surface area contributed by atoms with Crippen LogP contribution in [0.3, 0.4) is 0 Å². The first-order valence-electron chi connectivity index (χ1n) is 6.87. The molecule has 1 aromatic rings. The third-order valence-corrected chi connectivity index (χ3v) is 3.30. The van der Waals surface area contributed by atoms with E-state index in [1.165, 1.54) is 0 Å².